The Morgan fingerprint density at radius 3 is 2.35 bits per heavy atom. The van der Waals surface area contributed by atoms with Crippen molar-refractivity contribution in [2.24, 2.45) is 0 Å². The summed E-state index contributed by atoms with van der Waals surface area (Å²) in [5.74, 6) is 1.08. The monoisotopic (exact) mass is 317 g/mol. The minimum Gasteiger partial charge on any atom is -0.258 e. The van der Waals surface area contributed by atoms with Gasteiger partial charge in [0, 0.05) is 22.4 Å². The van der Waals surface area contributed by atoms with E-state index in [9.17, 15) is 10.1 Å². The Morgan fingerprint density at radius 1 is 1.12 bits per heavy atom. The van der Waals surface area contributed by atoms with Gasteiger partial charge in [-0.3, -0.25) is 10.1 Å². The molecular weight excluding hydrogens is 302 g/mol. The van der Waals surface area contributed by atoms with Crippen LogP contribution in [0, 0.1) is 10.1 Å². The van der Waals surface area contributed by atoms with Crippen molar-refractivity contribution in [1.82, 2.24) is 0 Å². The second-order valence-electron chi connectivity index (χ2n) is 3.70. The van der Waals surface area contributed by atoms with Gasteiger partial charge in [0.2, 0.25) is 0 Å². The first-order valence-electron chi connectivity index (χ1n) is 5.67. The van der Waals surface area contributed by atoms with E-state index in [1.54, 1.807) is 23.9 Å². The van der Waals surface area contributed by atoms with E-state index < -0.39 is 0 Å². The van der Waals surface area contributed by atoms with Gasteiger partial charge < -0.3 is 0 Å². The second kappa shape index (κ2) is 8.53. The van der Waals surface area contributed by atoms with Crippen LogP contribution in [0.4, 0.5) is 5.69 Å². The highest BCUT2D eigenvalue weighted by Crippen LogP contribution is 2.22. The predicted molar refractivity (Wildman–Crippen MR) is 76.1 cm³/mol. The summed E-state index contributed by atoms with van der Waals surface area (Å²) >= 11 is 5.18. The summed E-state index contributed by atoms with van der Waals surface area (Å²) in [5, 5.41) is 11.6. The van der Waals surface area contributed by atoms with Crippen LogP contribution < -0.4 is 0 Å². The minimum atomic E-state index is -0.366. The van der Waals surface area contributed by atoms with Crippen LogP contribution in [0.2, 0.25) is 0 Å². The summed E-state index contributed by atoms with van der Waals surface area (Å²) in [6.07, 6.45) is 4.97. The van der Waals surface area contributed by atoms with Gasteiger partial charge in [0.15, 0.2) is 0 Å². The van der Waals surface area contributed by atoms with Crippen molar-refractivity contribution >= 4 is 33.4 Å². The van der Waals surface area contributed by atoms with Crippen molar-refractivity contribution in [3.63, 3.8) is 0 Å². The molecule has 17 heavy (non-hydrogen) atoms. The Hall–Kier alpha value is -0.550. The van der Waals surface area contributed by atoms with Crippen molar-refractivity contribution in [2.75, 3.05) is 11.1 Å². The number of thioether (sulfide) groups is 1. The van der Waals surface area contributed by atoms with Gasteiger partial charge in [-0.1, -0.05) is 28.8 Å². The third-order valence-electron chi connectivity index (χ3n) is 2.34. The number of unbranched alkanes of at least 4 members (excludes halogenated alkanes) is 3. The number of hydrogen-bond donors (Lipinski definition) is 0. The number of rotatable bonds is 8. The van der Waals surface area contributed by atoms with Crippen LogP contribution in [0.15, 0.2) is 29.2 Å². The molecule has 1 aromatic rings. The Kier molecular flexibility index (Phi) is 7.28. The van der Waals surface area contributed by atoms with Crippen molar-refractivity contribution in [1.29, 1.82) is 0 Å². The van der Waals surface area contributed by atoms with E-state index in [0.717, 1.165) is 16.0 Å². The van der Waals surface area contributed by atoms with Crippen LogP contribution in [0.5, 0.6) is 0 Å². The summed E-state index contributed by atoms with van der Waals surface area (Å²) < 4.78 is 0. The molecule has 0 saturated carbocycles. The lowest BCUT2D eigenvalue weighted by molar-refractivity contribution is -0.384. The standard InChI is InChI=1S/C12H16BrNO2S/c13-9-3-1-2-4-10-17-12-7-5-11(6-8-12)14(15)16/h5-8H,1-4,9-10H2. The van der Waals surface area contributed by atoms with Gasteiger partial charge in [0.25, 0.3) is 5.69 Å². The smallest absolute Gasteiger partial charge is 0.258 e. The highest BCUT2D eigenvalue weighted by atomic mass is 79.9. The Balaban J connectivity index is 2.21. The number of nitro groups is 1. The molecule has 0 aromatic heterocycles. The predicted octanol–water partition coefficient (Wildman–Crippen LogP) is 4.64. The molecule has 5 heteroatoms. The van der Waals surface area contributed by atoms with Gasteiger partial charge in [0.1, 0.15) is 0 Å². The average molecular weight is 318 g/mol. The lowest BCUT2D eigenvalue weighted by Crippen LogP contribution is -1.87. The van der Waals surface area contributed by atoms with Crippen LogP contribution in [0.3, 0.4) is 0 Å². The average Bonchev–Trinajstić information content (AvgIpc) is 2.34. The molecule has 0 fully saturated rings. The number of hydrogen-bond acceptors (Lipinski definition) is 3. The van der Waals surface area contributed by atoms with Gasteiger partial charge in [-0.05, 0) is 30.7 Å². The Morgan fingerprint density at radius 2 is 1.76 bits per heavy atom. The third kappa shape index (κ3) is 6.07. The molecule has 0 spiro atoms. The molecule has 0 aliphatic heterocycles. The van der Waals surface area contributed by atoms with Gasteiger partial charge in [-0.25, -0.2) is 0 Å². The molecule has 0 atom stereocenters. The van der Waals surface area contributed by atoms with Crippen molar-refractivity contribution in [2.45, 2.75) is 30.6 Å². The SMILES string of the molecule is O=[N+]([O-])c1ccc(SCCCCCCBr)cc1. The van der Waals surface area contributed by atoms with E-state index in [1.165, 1.54) is 25.7 Å². The first kappa shape index (κ1) is 14.5. The van der Waals surface area contributed by atoms with E-state index in [-0.39, 0.29) is 10.6 Å². The molecule has 0 bridgehead atoms. The zero-order valence-corrected chi connectivity index (χ0v) is 12.0. The molecule has 0 radical (unpaired) electrons. The van der Waals surface area contributed by atoms with E-state index in [4.69, 9.17) is 0 Å². The molecular formula is C12H16BrNO2S. The van der Waals surface area contributed by atoms with Gasteiger partial charge in [-0.2, -0.15) is 0 Å². The third-order valence-corrected chi connectivity index (χ3v) is 4.00. The second-order valence-corrected chi connectivity index (χ2v) is 5.66. The lowest BCUT2D eigenvalue weighted by Gasteiger charge is -2.01. The van der Waals surface area contributed by atoms with Crippen LogP contribution in [-0.2, 0) is 0 Å². The van der Waals surface area contributed by atoms with Crippen molar-refractivity contribution in [3.8, 4) is 0 Å². The van der Waals surface area contributed by atoms with Gasteiger partial charge in [-0.15, -0.1) is 11.8 Å². The fourth-order valence-corrected chi connectivity index (χ4v) is 2.71. The lowest BCUT2D eigenvalue weighted by atomic mass is 10.2. The van der Waals surface area contributed by atoms with Crippen molar-refractivity contribution < 1.29 is 4.92 Å². The molecule has 0 unspecified atom stereocenters. The molecule has 0 aliphatic rings. The van der Waals surface area contributed by atoms with Crippen LogP contribution in [-0.4, -0.2) is 16.0 Å². The first-order chi connectivity index (χ1) is 8.24. The Labute approximate surface area is 114 Å². The van der Waals surface area contributed by atoms with Gasteiger partial charge in [0.05, 0.1) is 4.92 Å². The van der Waals surface area contributed by atoms with E-state index in [1.807, 2.05) is 12.1 Å². The first-order valence-corrected chi connectivity index (χ1v) is 7.78. The van der Waals surface area contributed by atoms with Gasteiger partial charge >= 0.3 is 0 Å². The van der Waals surface area contributed by atoms with E-state index in [2.05, 4.69) is 15.9 Å². The summed E-state index contributed by atoms with van der Waals surface area (Å²) in [6.45, 7) is 0. The normalized spacial score (nSPS) is 10.4. The number of nitro benzene ring substituents is 1. The minimum absolute atomic E-state index is 0.159. The van der Waals surface area contributed by atoms with E-state index in [0.29, 0.717) is 0 Å². The maximum absolute atomic E-state index is 10.5. The number of nitrogens with zero attached hydrogens (tertiary/aromatic N) is 1. The molecule has 0 heterocycles. The van der Waals surface area contributed by atoms with Crippen LogP contribution in [0.25, 0.3) is 0 Å². The largest absolute Gasteiger partial charge is 0.269 e. The fraction of sp³-hybridized carbons (Fsp3) is 0.500. The summed E-state index contributed by atoms with van der Waals surface area (Å²) in [5.41, 5.74) is 0.159. The van der Waals surface area contributed by atoms with Crippen LogP contribution in [0.1, 0.15) is 25.7 Å². The molecule has 94 valence electrons. The molecule has 3 nitrogen and oxygen atoms in total. The zero-order valence-electron chi connectivity index (χ0n) is 9.60. The highest BCUT2D eigenvalue weighted by molar-refractivity contribution is 9.09. The number of alkyl halides is 1. The molecule has 1 rings (SSSR count). The van der Waals surface area contributed by atoms with E-state index >= 15 is 0 Å². The Bertz CT molecular complexity index is 343. The molecule has 0 N–H and O–H groups in total. The summed E-state index contributed by atoms with van der Waals surface area (Å²) in [7, 11) is 0. The number of benzene rings is 1. The summed E-state index contributed by atoms with van der Waals surface area (Å²) in [4.78, 5) is 11.2. The topological polar surface area (TPSA) is 43.1 Å². The fourth-order valence-electron chi connectivity index (χ4n) is 1.40. The molecule has 0 aliphatic carbocycles. The zero-order chi connectivity index (χ0) is 12.5. The highest BCUT2D eigenvalue weighted by Gasteiger charge is 2.03. The van der Waals surface area contributed by atoms with Crippen LogP contribution >= 0.6 is 27.7 Å². The van der Waals surface area contributed by atoms with Crippen molar-refractivity contribution in [3.05, 3.63) is 34.4 Å². The molecule has 0 saturated heterocycles. The summed E-state index contributed by atoms with van der Waals surface area (Å²) in [6, 6.07) is 6.77. The maximum atomic E-state index is 10.5. The number of halogens is 1. The number of non-ortho nitro benzene ring substituents is 1. The maximum Gasteiger partial charge on any atom is 0.269 e. The molecule has 1 aromatic carbocycles. The quantitative estimate of drug-likeness (QED) is 0.230. The molecule has 0 amide bonds.